The van der Waals surface area contributed by atoms with Gasteiger partial charge in [-0.1, -0.05) is 39.0 Å². The number of rotatable bonds is 9. The Hall–Kier alpha value is -1.18. The highest BCUT2D eigenvalue weighted by Crippen LogP contribution is 2.22. The smallest absolute Gasteiger partial charge is 0.0367 e. The minimum absolute atomic E-state index is 0.573. The normalized spacial score (nSPS) is 16.2. The van der Waals surface area contributed by atoms with Gasteiger partial charge in [0.15, 0.2) is 0 Å². The number of benzene rings is 1. The van der Waals surface area contributed by atoms with Crippen LogP contribution in [0.4, 0.5) is 11.4 Å². The molecule has 2 heteroatoms. The minimum atomic E-state index is 0.573. The van der Waals surface area contributed by atoms with Crippen molar-refractivity contribution in [2.45, 2.75) is 71.3 Å². The summed E-state index contributed by atoms with van der Waals surface area (Å²) in [5, 5.41) is 3.63. The summed E-state index contributed by atoms with van der Waals surface area (Å²) >= 11 is 0. The van der Waals surface area contributed by atoms with Crippen molar-refractivity contribution in [1.82, 2.24) is 0 Å². The highest BCUT2D eigenvalue weighted by molar-refractivity contribution is 5.55. The molecule has 21 heavy (non-hydrogen) atoms. The molecule has 0 amide bonds. The fourth-order valence-corrected chi connectivity index (χ4v) is 3.15. The van der Waals surface area contributed by atoms with E-state index < -0.39 is 0 Å². The second kappa shape index (κ2) is 8.96. The fraction of sp³-hybridized carbons (Fsp3) is 0.684. The number of nitrogens with one attached hydrogen (secondary N) is 1. The van der Waals surface area contributed by atoms with Crippen molar-refractivity contribution < 1.29 is 0 Å². The lowest BCUT2D eigenvalue weighted by molar-refractivity contribution is 0.578. The van der Waals surface area contributed by atoms with Gasteiger partial charge in [-0.2, -0.15) is 0 Å². The molecule has 0 bridgehead atoms. The zero-order chi connectivity index (χ0) is 14.9. The third kappa shape index (κ3) is 5.61. The van der Waals surface area contributed by atoms with Crippen molar-refractivity contribution in [3.8, 4) is 0 Å². The average molecular weight is 288 g/mol. The summed E-state index contributed by atoms with van der Waals surface area (Å²) in [6, 6.07) is 9.58. The summed E-state index contributed by atoms with van der Waals surface area (Å²) in [6.45, 7) is 7.02. The molecule has 2 nitrogen and oxygen atoms in total. The van der Waals surface area contributed by atoms with E-state index >= 15 is 0 Å². The van der Waals surface area contributed by atoms with Crippen LogP contribution in [0, 0.1) is 0 Å². The maximum Gasteiger partial charge on any atom is 0.0367 e. The number of nitrogens with zero attached hydrogens (tertiary/aromatic N) is 1. The van der Waals surface area contributed by atoms with Gasteiger partial charge in [0, 0.05) is 30.5 Å². The quantitative estimate of drug-likeness (QED) is 0.608. The van der Waals surface area contributed by atoms with Gasteiger partial charge in [-0.05, 0) is 50.5 Å². The topological polar surface area (TPSA) is 15.3 Å². The predicted octanol–water partition coefficient (Wildman–Crippen LogP) is 5.45. The van der Waals surface area contributed by atoms with Crippen molar-refractivity contribution in [2.24, 2.45) is 0 Å². The van der Waals surface area contributed by atoms with Crippen LogP contribution in [0.25, 0.3) is 0 Å². The van der Waals surface area contributed by atoms with Crippen molar-refractivity contribution in [3.05, 3.63) is 24.3 Å². The second-order valence-electron chi connectivity index (χ2n) is 6.49. The lowest BCUT2D eigenvalue weighted by Crippen LogP contribution is -2.18. The molecule has 0 saturated carbocycles. The fourth-order valence-electron chi connectivity index (χ4n) is 3.15. The largest absolute Gasteiger partial charge is 0.383 e. The Bertz CT molecular complexity index is 379. The summed E-state index contributed by atoms with van der Waals surface area (Å²) in [5.74, 6) is 0. The molecule has 118 valence electrons. The Kier molecular flexibility index (Phi) is 6.91. The molecule has 2 rings (SSSR count). The van der Waals surface area contributed by atoms with Gasteiger partial charge in [0.2, 0.25) is 0 Å². The van der Waals surface area contributed by atoms with Gasteiger partial charge in [-0.3, -0.25) is 0 Å². The van der Waals surface area contributed by atoms with Crippen LogP contribution < -0.4 is 10.2 Å². The van der Waals surface area contributed by atoms with Gasteiger partial charge in [0.1, 0.15) is 0 Å². The maximum atomic E-state index is 3.63. The first-order valence-corrected chi connectivity index (χ1v) is 8.91. The van der Waals surface area contributed by atoms with Gasteiger partial charge < -0.3 is 10.2 Å². The molecule has 0 aromatic heterocycles. The Morgan fingerprint density at radius 3 is 2.33 bits per heavy atom. The van der Waals surface area contributed by atoms with Gasteiger partial charge in [-0.25, -0.2) is 0 Å². The molecule has 1 atom stereocenters. The van der Waals surface area contributed by atoms with Gasteiger partial charge in [-0.15, -0.1) is 0 Å². The highest BCUT2D eigenvalue weighted by atomic mass is 15.1. The van der Waals surface area contributed by atoms with Crippen molar-refractivity contribution in [3.63, 3.8) is 0 Å². The zero-order valence-electron chi connectivity index (χ0n) is 13.9. The zero-order valence-corrected chi connectivity index (χ0v) is 13.9. The number of hydrogen-bond acceptors (Lipinski definition) is 2. The van der Waals surface area contributed by atoms with E-state index in [0.717, 1.165) is 0 Å². The molecule has 1 saturated heterocycles. The van der Waals surface area contributed by atoms with E-state index in [1.807, 2.05) is 0 Å². The van der Waals surface area contributed by atoms with E-state index in [1.54, 1.807) is 0 Å². The Balaban J connectivity index is 1.69. The summed E-state index contributed by atoms with van der Waals surface area (Å²) in [7, 11) is 0. The van der Waals surface area contributed by atoms with E-state index in [4.69, 9.17) is 0 Å². The molecule has 1 unspecified atom stereocenters. The van der Waals surface area contributed by atoms with E-state index in [2.05, 4.69) is 48.3 Å². The summed E-state index contributed by atoms with van der Waals surface area (Å²) in [4.78, 5) is 2.49. The molecule has 0 spiro atoms. The summed E-state index contributed by atoms with van der Waals surface area (Å²) in [5.41, 5.74) is 2.64. The average Bonchev–Trinajstić information content (AvgIpc) is 3.02. The number of anilines is 2. The highest BCUT2D eigenvalue weighted by Gasteiger charge is 2.11. The molecule has 1 aliphatic rings. The Morgan fingerprint density at radius 1 is 1.00 bits per heavy atom. The molecule has 1 aliphatic heterocycles. The molecule has 1 aromatic rings. The van der Waals surface area contributed by atoms with E-state index in [9.17, 15) is 0 Å². The van der Waals surface area contributed by atoms with E-state index in [1.165, 1.54) is 75.8 Å². The minimum Gasteiger partial charge on any atom is -0.383 e. The number of hydrogen-bond donors (Lipinski definition) is 1. The lowest BCUT2D eigenvalue weighted by Gasteiger charge is -2.19. The molecule has 0 radical (unpaired) electrons. The molecule has 1 aromatic carbocycles. The van der Waals surface area contributed by atoms with Crippen LogP contribution >= 0.6 is 0 Å². The van der Waals surface area contributed by atoms with Crippen LogP contribution in [-0.4, -0.2) is 19.1 Å². The third-order valence-electron chi connectivity index (χ3n) is 4.49. The van der Waals surface area contributed by atoms with Gasteiger partial charge >= 0.3 is 0 Å². The molecule has 1 fully saturated rings. The van der Waals surface area contributed by atoms with E-state index in [0.29, 0.717) is 6.04 Å². The first kappa shape index (κ1) is 16.2. The van der Waals surface area contributed by atoms with Gasteiger partial charge in [0.05, 0.1) is 0 Å². The van der Waals surface area contributed by atoms with Crippen LogP contribution in [0.5, 0.6) is 0 Å². The monoisotopic (exact) mass is 288 g/mol. The van der Waals surface area contributed by atoms with E-state index in [-0.39, 0.29) is 0 Å². The van der Waals surface area contributed by atoms with Crippen LogP contribution in [-0.2, 0) is 0 Å². The van der Waals surface area contributed by atoms with Crippen LogP contribution in [0.15, 0.2) is 24.3 Å². The SMILES string of the molecule is CCCCCCCC(C)Nc1ccc(N2CCCC2)cc1. The molecular formula is C19H32N2. The van der Waals surface area contributed by atoms with Crippen LogP contribution in [0.2, 0.25) is 0 Å². The molecule has 1 heterocycles. The van der Waals surface area contributed by atoms with Crippen LogP contribution in [0.1, 0.15) is 65.2 Å². The summed E-state index contributed by atoms with van der Waals surface area (Å²) in [6.07, 6.45) is 10.8. The summed E-state index contributed by atoms with van der Waals surface area (Å²) < 4.78 is 0. The maximum absolute atomic E-state index is 3.63. The standard InChI is InChI=1S/C19H32N2/c1-3-4-5-6-7-10-17(2)20-18-11-13-19(14-12-18)21-15-8-9-16-21/h11-14,17,20H,3-10,15-16H2,1-2H3. The first-order valence-electron chi connectivity index (χ1n) is 8.91. The third-order valence-corrected chi connectivity index (χ3v) is 4.49. The Labute approximate surface area is 130 Å². The van der Waals surface area contributed by atoms with Crippen LogP contribution in [0.3, 0.4) is 0 Å². The first-order chi connectivity index (χ1) is 10.3. The van der Waals surface area contributed by atoms with Gasteiger partial charge in [0.25, 0.3) is 0 Å². The second-order valence-corrected chi connectivity index (χ2v) is 6.49. The number of unbranched alkanes of at least 4 members (excludes halogenated alkanes) is 4. The van der Waals surface area contributed by atoms with Crippen molar-refractivity contribution in [1.29, 1.82) is 0 Å². The Morgan fingerprint density at radius 2 is 1.67 bits per heavy atom. The van der Waals surface area contributed by atoms with Crippen molar-refractivity contribution in [2.75, 3.05) is 23.3 Å². The molecular weight excluding hydrogens is 256 g/mol. The molecule has 0 aliphatic carbocycles. The lowest BCUT2D eigenvalue weighted by atomic mass is 10.1. The predicted molar refractivity (Wildman–Crippen MR) is 94.3 cm³/mol. The molecule has 1 N–H and O–H groups in total. The van der Waals surface area contributed by atoms with Crippen molar-refractivity contribution >= 4 is 11.4 Å².